The van der Waals surface area contributed by atoms with Crippen LogP contribution in [0.4, 0.5) is 0 Å². The van der Waals surface area contributed by atoms with Crippen LogP contribution in [0, 0.1) is 10.7 Å². The number of hydrogen-bond acceptors (Lipinski definition) is 2. The lowest BCUT2D eigenvalue weighted by atomic mass is 9.87. The summed E-state index contributed by atoms with van der Waals surface area (Å²) in [6.45, 7) is 2.34. The number of hydrogen-bond donors (Lipinski definition) is 1. The molecule has 0 unspecified atom stereocenters. The van der Waals surface area contributed by atoms with Gasteiger partial charge in [0.2, 0.25) is 0 Å². The zero-order chi connectivity index (χ0) is 13.4. The van der Waals surface area contributed by atoms with E-state index in [-0.39, 0.29) is 0 Å². The molecular weight excluding hydrogens is 256 g/mol. The Morgan fingerprint density at radius 2 is 2.00 bits per heavy atom. The first-order chi connectivity index (χ1) is 9.19. The van der Waals surface area contributed by atoms with E-state index in [9.17, 15) is 0 Å². The normalized spacial score (nSPS) is 23.7. The standard InChI is InChI=1S/C15H20N2OS/c1-10-3-5-11(6-4-10)17-14-9-12(18-2)7-8-13(14)16-15(17)19/h7-11H,3-6H2,1-2H3,(H,16,19). The number of fused-ring (bicyclic) bond motifs is 1. The van der Waals surface area contributed by atoms with Gasteiger partial charge in [0.05, 0.1) is 18.1 Å². The van der Waals surface area contributed by atoms with Gasteiger partial charge in [0.1, 0.15) is 5.75 Å². The lowest BCUT2D eigenvalue weighted by Gasteiger charge is -2.27. The van der Waals surface area contributed by atoms with E-state index < -0.39 is 0 Å². The minimum Gasteiger partial charge on any atom is -0.497 e. The third-order valence-electron chi connectivity index (χ3n) is 4.28. The molecule has 1 aliphatic carbocycles. The van der Waals surface area contributed by atoms with Crippen molar-refractivity contribution < 1.29 is 4.74 Å². The van der Waals surface area contributed by atoms with Crippen LogP contribution in [-0.2, 0) is 0 Å². The summed E-state index contributed by atoms with van der Waals surface area (Å²) in [5, 5.41) is 0. The second-order valence-corrected chi connectivity index (χ2v) is 5.98. The smallest absolute Gasteiger partial charge is 0.178 e. The van der Waals surface area contributed by atoms with Crippen LogP contribution in [0.3, 0.4) is 0 Å². The summed E-state index contributed by atoms with van der Waals surface area (Å²) in [5.41, 5.74) is 2.27. The van der Waals surface area contributed by atoms with E-state index in [1.54, 1.807) is 7.11 Å². The van der Waals surface area contributed by atoms with Crippen LogP contribution >= 0.6 is 12.2 Å². The minimum absolute atomic E-state index is 0.532. The predicted molar refractivity (Wildman–Crippen MR) is 80.3 cm³/mol. The molecule has 1 aromatic carbocycles. The number of ether oxygens (including phenoxy) is 1. The molecule has 0 aliphatic heterocycles. The number of nitrogens with one attached hydrogen (secondary N) is 1. The van der Waals surface area contributed by atoms with Gasteiger partial charge >= 0.3 is 0 Å². The molecule has 1 saturated carbocycles. The van der Waals surface area contributed by atoms with Gasteiger partial charge in [-0.3, -0.25) is 0 Å². The molecule has 0 bridgehead atoms. The summed E-state index contributed by atoms with van der Waals surface area (Å²) in [6.07, 6.45) is 5.03. The number of rotatable bonds is 2. The van der Waals surface area contributed by atoms with E-state index in [2.05, 4.69) is 22.5 Å². The number of nitrogens with zero attached hydrogens (tertiary/aromatic N) is 1. The van der Waals surface area contributed by atoms with E-state index in [0.717, 1.165) is 22.0 Å². The van der Waals surface area contributed by atoms with Gasteiger partial charge in [0.25, 0.3) is 0 Å². The Hall–Kier alpha value is -1.29. The van der Waals surface area contributed by atoms with Crippen LogP contribution in [0.1, 0.15) is 38.6 Å². The van der Waals surface area contributed by atoms with E-state index in [0.29, 0.717) is 6.04 Å². The van der Waals surface area contributed by atoms with E-state index in [1.165, 1.54) is 31.2 Å². The molecule has 0 spiro atoms. The number of aromatic nitrogens is 2. The fourth-order valence-corrected chi connectivity index (χ4v) is 3.45. The number of imidazole rings is 1. The fraction of sp³-hybridized carbons (Fsp3) is 0.533. The van der Waals surface area contributed by atoms with Gasteiger partial charge in [-0.15, -0.1) is 0 Å². The molecule has 4 heteroatoms. The molecule has 0 saturated heterocycles. The van der Waals surface area contributed by atoms with Crippen LogP contribution < -0.4 is 4.74 Å². The molecule has 1 aliphatic rings. The molecule has 2 aromatic rings. The summed E-state index contributed by atoms with van der Waals surface area (Å²) in [5.74, 6) is 1.74. The maximum absolute atomic E-state index is 5.51. The number of benzene rings is 1. The Labute approximate surface area is 118 Å². The summed E-state index contributed by atoms with van der Waals surface area (Å²) in [7, 11) is 1.70. The van der Waals surface area contributed by atoms with E-state index in [4.69, 9.17) is 17.0 Å². The topological polar surface area (TPSA) is 29.9 Å². The van der Waals surface area contributed by atoms with Gasteiger partial charge < -0.3 is 14.3 Å². The first-order valence-corrected chi connectivity index (χ1v) is 7.38. The number of H-pyrrole nitrogens is 1. The van der Waals surface area contributed by atoms with Crippen molar-refractivity contribution in [3.63, 3.8) is 0 Å². The maximum atomic E-state index is 5.51. The average molecular weight is 276 g/mol. The van der Waals surface area contributed by atoms with Crippen molar-refractivity contribution in [1.82, 2.24) is 9.55 Å². The second-order valence-electron chi connectivity index (χ2n) is 5.60. The lowest BCUT2D eigenvalue weighted by molar-refractivity contribution is 0.292. The molecule has 1 N–H and O–H groups in total. The Morgan fingerprint density at radius 1 is 1.26 bits per heavy atom. The second kappa shape index (κ2) is 5.00. The summed E-state index contributed by atoms with van der Waals surface area (Å²) in [4.78, 5) is 3.31. The van der Waals surface area contributed by atoms with Crippen molar-refractivity contribution in [3.05, 3.63) is 23.0 Å². The Kier molecular flexibility index (Phi) is 3.35. The lowest BCUT2D eigenvalue weighted by Crippen LogP contribution is -2.16. The molecule has 0 radical (unpaired) electrons. The highest BCUT2D eigenvalue weighted by Crippen LogP contribution is 2.34. The van der Waals surface area contributed by atoms with Crippen LogP contribution in [0.25, 0.3) is 11.0 Å². The van der Waals surface area contributed by atoms with Crippen molar-refractivity contribution >= 4 is 23.3 Å². The van der Waals surface area contributed by atoms with Crippen LogP contribution in [-0.4, -0.2) is 16.7 Å². The number of aromatic amines is 1. The quantitative estimate of drug-likeness (QED) is 0.821. The average Bonchev–Trinajstić information content (AvgIpc) is 2.75. The monoisotopic (exact) mass is 276 g/mol. The Morgan fingerprint density at radius 3 is 2.68 bits per heavy atom. The zero-order valence-electron chi connectivity index (χ0n) is 11.5. The first-order valence-electron chi connectivity index (χ1n) is 6.97. The van der Waals surface area contributed by atoms with Crippen LogP contribution in [0.15, 0.2) is 18.2 Å². The number of methoxy groups -OCH3 is 1. The molecule has 19 heavy (non-hydrogen) atoms. The zero-order valence-corrected chi connectivity index (χ0v) is 12.3. The van der Waals surface area contributed by atoms with Gasteiger partial charge in [0, 0.05) is 12.1 Å². The Bertz CT molecular complexity index is 635. The van der Waals surface area contributed by atoms with Crippen LogP contribution in [0.5, 0.6) is 5.75 Å². The molecule has 1 fully saturated rings. The molecule has 3 nitrogen and oxygen atoms in total. The highest BCUT2D eigenvalue weighted by Gasteiger charge is 2.22. The van der Waals surface area contributed by atoms with Crippen molar-refractivity contribution in [2.45, 2.75) is 38.6 Å². The molecule has 0 amide bonds. The molecule has 0 atom stereocenters. The highest BCUT2D eigenvalue weighted by atomic mass is 32.1. The largest absolute Gasteiger partial charge is 0.497 e. The van der Waals surface area contributed by atoms with Crippen molar-refractivity contribution in [1.29, 1.82) is 0 Å². The maximum Gasteiger partial charge on any atom is 0.178 e. The molecule has 1 aromatic heterocycles. The molecule has 102 valence electrons. The van der Waals surface area contributed by atoms with Gasteiger partial charge in [-0.05, 0) is 56.0 Å². The third kappa shape index (κ3) is 2.29. The van der Waals surface area contributed by atoms with E-state index >= 15 is 0 Å². The van der Waals surface area contributed by atoms with Gasteiger partial charge in [0.15, 0.2) is 4.77 Å². The molecular formula is C15H20N2OS. The molecule has 1 heterocycles. The molecule has 3 rings (SSSR count). The van der Waals surface area contributed by atoms with Crippen molar-refractivity contribution in [2.75, 3.05) is 7.11 Å². The predicted octanol–water partition coefficient (Wildman–Crippen LogP) is 4.46. The van der Waals surface area contributed by atoms with Crippen molar-refractivity contribution in [3.8, 4) is 5.75 Å². The summed E-state index contributed by atoms with van der Waals surface area (Å²) in [6, 6.07) is 6.64. The van der Waals surface area contributed by atoms with Gasteiger partial charge in [-0.2, -0.15) is 0 Å². The SMILES string of the molecule is COc1ccc2[nH]c(=S)n(C3CCC(C)CC3)c2c1. The van der Waals surface area contributed by atoms with E-state index in [1.807, 2.05) is 12.1 Å². The van der Waals surface area contributed by atoms with Gasteiger partial charge in [-0.1, -0.05) is 6.92 Å². The van der Waals surface area contributed by atoms with Crippen molar-refractivity contribution in [2.24, 2.45) is 5.92 Å². The highest BCUT2D eigenvalue weighted by molar-refractivity contribution is 7.71. The van der Waals surface area contributed by atoms with Gasteiger partial charge in [-0.25, -0.2) is 0 Å². The summed E-state index contributed by atoms with van der Waals surface area (Å²) < 4.78 is 8.46. The fourth-order valence-electron chi connectivity index (χ4n) is 3.09. The third-order valence-corrected chi connectivity index (χ3v) is 4.57. The van der Waals surface area contributed by atoms with Crippen LogP contribution in [0.2, 0.25) is 0 Å². The Balaban J connectivity index is 2.06. The first kappa shape index (κ1) is 12.7. The minimum atomic E-state index is 0.532. The summed E-state index contributed by atoms with van der Waals surface area (Å²) >= 11 is 5.51.